The van der Waals surface area contributed by atoms with Crippen LogP contribution in [-0.4, -0.2) is 42.5 Å². The second-order valence-corrected chi connectivity index (χ2v) is 15.8. The van der Waals surface area contributed by atoms with E-state index in [0.29, 0.717) is 11.3 Å². The molecule has 0 bridgehead atoms. The first-order valence-corrected chi connectivity index (χ1v) is 20.5. The lowest BCUT2D eigenvalue weighted by Gasteiger charge is -2.35. The normalized spacial score (nSPS) is 27.5. The maximum Gasteiger partial charge on any atom is 0.0234 e. The summed E-state index contributed by atoms with van der Waals surface area (Å²) in [6.07, 6.45) is 32.8. The number of allylic oxidation sites excluding steroid dienone is 10. The minimum Gasteiger partial charge on any atom is -0.301 e. The van der Waals surface area contributed by atoms with E-state index in [4.69, 9.17) is 0 Å². The molecule has 5 atom stereocenters. The number of hydrogen-bond acceptors (Lipinski definition) is 2. The van der Waals surface area contributed by atoms with Crippen LogP contribution in [0.1, 0.15) is 102 Å². The Labute approximate surface area is 311 Å². The molecule has 51 heavy (non-hydrogen) atoms. The molecule has 0 N–H and O–H groups in total. The number of piperazine rings is 1. The van der Waals surface area contributed by atoms with Crippen molar-refractivity contribution in [3.63, 3.8) is 0 Å². The number of benzene rings is 2. The van der Waals surface area contributed by atoms with E-state index < -0.39 is 0 Å². The standard InChI is InChI=1S/C47H58N2.C2H6/c1-38(15-11-13-28-48-29-31-49(32-30-48)37-40-17-4-2-5-18-40)43-21-9-8-16-39(25-26-43)33-41-19-14-20-42(34-41)35-46(44-22-6-3-7-23-44)47-27-12-10-24-45(47)36-47;1-2/h2-8,10,12,16-18,21-24,26-27,41-42,45-46H,1,11,13-15,19-20,25,28-37H2;1-2H3/b39-16+,43-26?;. The monoisotopic (exact) mass is 681 g/mol. The fourth-order valence-electron chi connectivity index (χ4n) is 9.47. The predicted octanol–water partition coefficient (Wildman–Crippen LogP) is 12.0. The summed E-state index contributed by atoms with van der Waals surface area (Å²) >= 11 is 0. The number of nitrogens with zero attached hydrogens (tertiary/aromatic N) is 2. The van der Waals surface area contributed by atoms with E-state index in [1.165, 1.54) is 107 Å². The van der Waals surface area contributed by atoms with Gasteiger partial charge in [-0.1, -0.05) is 142 Å². The van der Waals surface area contributed by atoms with Crippen LogP contribution in [0, 0.1) is 23.2 Å². The molecule has 1 saturated heterocycles. The number of unbranched alkanes of at least 4 members (excludes halogenated alkanes) is 1. The van der Waals surface area contributed by atoms with Crippen LogP contribution in [0.25, 0.3) is 0 Å². The Morgan fingerprint density at radius 1 is 0.902 bits per heavy atom. The molecule has 3 fully saturated rings. The van der Waals surface area contributed by atoms with Gasteiger partial charge in [0, 0.05) is 38.1 Å². The van der Waals surface area contributed by atoms with Gasteiger partial charge in [0.2, 0.25) is 0 Å². The average Bonchev–Trinajstić information content (AvgIpc) is 3.92. The zero-order chi connectivity index (χ0) is 35.3. The summed E-state index contributed by atoms with van der Waals surface area (Å²) in [6, 6.07) is 22.4. The molecule has 1 heterocycles. The Morgan fingerprint density at radius 3 is 2.43 bits per heavy atom. The van der Waals surface area contributed by atoms with Crippen LogP contribution in [0.4, 0.5) is 0 Å². The highest BCUT2D eigenvalue weighted by Crippen LogP contribution is 2.66. The highest BCUT2D eigenvalue weighted by Gasteiger charge is 2.56. The topological polar surface area (TPSA) is 6.48 Å². The molecule has 270 valence electrons. The van der Waals surface area contributed by atoms with Crippen LogP contribution in [0.3, 0.4) is 0 Å². The minimum atomic E-state index is 0.365. The van der Waals surface area contributed by atoms with Crippen molar-refractivity contribution >= 4 is 0 Å². The molecule has 0 aromatic heterocycles. The van der Waals surface area contributed by atoms with E-state index in [2.05, 4.69) is 131 Å². The largest absolute Gasteiger partial charge is 0.301 e. The van der Waals surface area contributed by atoms with Crippen LogP contribution >= 0.6 is 0 Å². The van der Waals surface area contributed by atoms with Crippen LogP contribution in [0.5, 0.6) is 0 Å². The van der Waals surface area contributed by atoms with Crippen molar-refractivity contribution in [3.05, 3.63) is 149 Å². The van der Waals surface area contributed by atoms with E-state index in [9.17, 15) is 0 Å². The van der Waals surface area contributed by atoms with Crippen molar-refractivity contribution in [1.82, 2.24) is 9.80 Å². The highest BCUT2D eigenvalue weighted by atomic mass is 15.3. The first-order chi connectivity index (χ1) is 25.1. The predicted molar refractivity (Wildman–Crippen MR) is 219 cm³/mol. The molecular formula is C49H64N2. The van der Waals surface area contributed by atoms with Crippen molar-refractivity contribution < 1.29 is 0 Å². The molecule has 4 aliphatic carbocycles. The van der Waals surface area contributed by atoms with Crippen molar-refractivity contribution in [2.45, 2.75) is 96.9 Å². The fourth-order valence-corrected chi connectivity index (χ4v) is 9.47. The first-order valence-electron chi connectivity index (χ1n) is 20.5. The van der Waals surface area contributed by atoms with Crippen LogP contribution in [-0.2, 0) is 6.54 Å². The van der Waals surface area contributed by atoms with Gasteiger partial charge >= 0.3 is 0 Å². The SMILES string of the molecule is C=C(CCCCN1CCN(Cc2ccccc2)CC1)C1=CC/C(CC2CCCC(CC(c3ccccc3)C34C=CC=CC3C4)C2)=C\C=C=C1.CC. The molecule has 0 spiro atoms. The second-order valence-electron chi connectivity index (χ2n) is 15.8. The summed E-state index contributed by atoms with van der Waals surface area (Å²) in [5.74, 6) is 3.01. The zero-order valence-electron chi connectivity index (χ0n) is 31.8. The second kappa shape index (κ2) is 18.9. The molecule has 0 radical (unpaired) electrons. The number of fused-ring (bicyclic) bond motifs is 1. The van der Waals surface area contributed by atoms with Gasteiger partial charge in [-0.2, -0.15) is 0 Å². The summed E-state index contributed by atoms with van der Waals surface area (Å²) in [6.45, 7) is 15.5. The third-order valence-electron chi connectivity index (χ3n) is 12.4. The maximum atomic E-state index is 4.53. The number of hydrogen-bond donors (Lipinski definition) is 0. The molecular weight excluding hydrogens is 617 g/mol. The van der Waals surface area contributed by atoms with Crippen molar-refractivity contribution in [3.8, 4) is 0 Å². The Balaban J connectivity index is 0.00000220. The fraction of sp³-hybridized carbons (Fsp3) is 0.490. The van der Waals surface area contributed by atoms with E-state index in [-0.39, 0.29) is 0 Å². The molecule has 5 unspecified atom stereocenters. The Bertz CT molecular complexity index is 1580. The van der Waals surface area contributed by atoms with Gasteiger partial charge in [0.25, 0.3) is 0 Å². The summed E-state index contributed by atoms with van der Waals surface area (Å²) in [4.78, 5) is 5.25. The molecule has 2 aromatic carbocycles. The van der Waals surface area contributed by atoms with Gasteiger partial charge in [0.05, 0.1) is 0 Å². The molecule has 2 saturated carbocycles. The Hall–Kier alpha value is -3.42. The Morgan fingerprint density at radius 2 is 1.65 bits per heavy atom. The molecule has 1 aliphatic heterocycles. The molecule has 7 rings (SSSR count). The van der Waals surface area contributed by atoms with Gasteiger partial charge < -0.3 is 4.90 Å². The molecule has 5 aliphatic rings. The van der Waals surface area contributed by atoms with Gasteiger partial charge in [0.15, 0.2) is 0 Å². The zero-order valence-corrected chi connectivity index (χ0v) is 31.8. The smallest absolute Gasteiger partial charge is 0.0234 e. The van der Waals surface area contributed by atoms with Gasteiger partial charge in [-0.3, -0.25) is 4.90 Å². The van der Waals surface area contributed by atoms with E-state index in [0.717, 1.165) is 37.1 Å². The van der Waals surface area contributed by atoms with Crippen LogP contribution in [0.2, 0.25) is 0 Å². The van der Waals surface area contributed by atoms with Crippen molar-refractivity contribution in [1.29, 1.82) is 0 Å². The van der Waals surface area contributed by atoms with Gasteiger partial charge in [0.1, 0.15) is 0 Å². The quantitative estimate of drug-likeness (QED) is 0.145. The van der Waals surface area contributed by atoms with Crippen LogP contribution in [0.15, 0.2) is 138 Å². The minimum absolute atomic E-state index is 0.365. The summed E-state index contributed by atoms with van der Waals surface area (Å²) < 4.78 is 0. The Kier molecular flexibility index (Phi) is 13.8. The molecule has 0 amide bonds. The van der Waals surface area contributed by atoms with Crippen molar-refractivity contribution in [2.75, 3.05) is 32.7 Å². The molecule has 2 nitrogen and oxygen atoms in total. The molecule has 2 aromatic rings. The van der Waals surface area contributed by atoms with E-state index in [1.807, 2.05) is 13.8 Å². The van der Waals surface area contributed by atoms with E-state index >= 15 is 0 Å². The van der Waals surface area contributed by atoms with Gasteiger partial charge in [-0.15, -0.1) is 5.73 Å². The third kappa shape index (κ3) is 10.3. The average molecular weight is 681 g/mol. The van der Waals surface area contributed by atoms with Crippen molar-refractivity contribution in [2.24, 2.45) is 23.2 Å². The van der Waals surface area contributed by atoms with E-state index in [1.54, 1.807) is 11.1 Å². The lowest BCUT2D eigenvalue weighted by Crippen LogP contribution is -2.46. The highest BCUT2D eigenvalue weighted by molar-refractivity contribution is 5.40. The van der Waals surface area contributed by atoms with Gasteiger partial charge in [-0.25, -0.2) is 0 Å². The summed E-state index contributed by atoms with van der Waals surface area (Å²) in [5, 5.41) is 0. The lowest BCUT2D eigenvalue weighted by molar-refractivity contribution is 0.125. The first kappa shape index (κ1) is 37.3. The maximum absolute atomic E-state index is 4.53. The van der Waals surface area contributed by atoms with Crippen LogP contribution < -0.4 is 0 Å². The summed E-state index contributed by atoms with van der Waals surface area (Å²) in [7, 11) is 0. The third-order valence-corrected chi connectivity index (χ3v) is 12.4. The van der Waals surface area contributed by atoms with Gasteiger partial charge in [-0.05, 0) is 116 Å². The number of rotatable bonds is 14. The molecule has 2 heteroatoms. The summed E-state index contributed by atoms with van der Waals surface area (Å²) in [5.41, 5.74) is 11.0. The lowest BCUT2D eigenvalue weighted by atomic mass is 9.69.